The van der Waals surface area contributed by atoms with E-state index < -0.39 is 21.6 Å². The summed E-state index contributed by atoms with van der Waals surface area (Å²) < 4.78 is 43.1. The van der Waals surface area contributed by atoms with Crippen LogP contribution in [0.1, 0.15) is 15.9 Å². The smallest absolute Gasteiger partial charge is 0.337 e. The van der Waals surface area contributed by atoms with Crippen molar-refractivity contribution in [2.45, 2.75) is 17.8 Å². The number of ether oxygens (including phenoxy) is 1. The summed E-state index contributed by atoms with van der Waals surface area (Å²) in [7, 11) is -1.81. The molecule has 0 radical (unpaired) electrons. The summed E-state index contributed by atoms with van der Waals surface area (Å²) in [6, 6.07) is 10.8. The summed E-state index contributed by atoms with van der Waals surface area (Å²) in [5.41, 5.74) is 1.23. The van der Waals surface area contributed by atoms with Crippen molar-refractivity contribution in [3.05, 3.63) is 64.4 Å². The van der Waals surface area contributed by atoms with Crippen LogP contribution in [0.3, 0.4) is 0 Å². The number of halogens is 2. The first-order chi connectivity index (χ1) is 14.3. The van der Waals surface area contributed by atoms with Gasteiger partial charge in [-0.15, -0.1) is 0 Å². The van der Waals surface area contributed by atoms with Crippen molar-refractivity contribution in [1.82, 2.24) is 0 Å². The van der Waals surface area contributed by atoms with Crippen molar-refractivity contribution in [3.63, 3.8) is 0 Å². The van der Waals surface area contributed by atoms with Gasteiger partial charge < -0.3 is 9.64 Å². The molecule has 2 aromatic carbocycles. The molecule has 0 spiro atoms. The van der Waals surface area contributed by atoms with Crippen LogP contribution in [0.4, 0.5) is 10.1 Å². The molecule has 6 nitrogen and oxygen atoms in total. The molecule has 2 aliphatic rings. The van der Waals surface area contributed by atoms with Gasteiger partial charge in [-0.3, -0.25) is 4.99 Å². The number of nitrogens with zero attached hydrogens (tertiary/aromatic N) is 2. The van der Waals surface area contributed by atoms with Gasteiger partial charge in [0.15, 0.2) is 15.0 Å². The zero-order chi connectivity index (χ0) is 21.5. The van der Waals surface area contributed by atoms with E-state index in [1.807, 2.05) is 0 Å². The van der Waals surface area contributed by atoms with Gasteiger partial charge in [-0.25, -0.2) is 17.6 Å². The molecule has 0 aliphatic carbocycles. The lowest BCUT2D eigenvalue weighted by Crippen LogP contribution is -2.29. The lowest BCUT2D eigenvalue weighted by molar-refractivity contribution is 0.0600. The molecule has 158 valence electrons. The average molecular weight is 469 g/mol. The van der Waals surface area contributed by atoms with Crippen molar-refractivity contribution in [2.24, 2.45) is 4.99 Å². The van der Waals surface area contributed by atoms with Crippen molar-refractivity contribution in [2.75, 3.05) is 23.5 Å². The van der Waals surface area contributed by atoms with E-state index in [-0.39, 0.29) is 39.9 Å². The third kappa shape index (κ3) is 4.19. The van der Waals surface area contributed by atoms with Gasteiger partial charge in [-0.2, -0.15) is 0 Å². The van der Waals surface area contributed by atoms with Crippen LogP contribution in [0.2, 0.25) is 5.02 Å². The Kier molecular flexibility index (Phi) is 5.78. The fourth-order valence-corrected chi connectivity index (χ4v) is 7.50. The van der Waals surface area contributed by atoms with E-state index in [2.05, 4.69) is 4.99 Å². The predicted octanol–water partition coefficient (Wildman–Crippen LogP) is 3.54. The number of amidine groups is 1. The summed E-state index contributed by atoms with van der Waals surface area (Å²) in [5, 5.41) is 0.670. The minimum Gasteiger partial charge on any atom is -0.465 e. The molecule has 0 N–H and O–H groups in total. The lowest BCUT2D eigenvalue weighted by Gasteiger charge is -2.26. The average Bonchev–Trinajstić information content (AvgIpc) is 3.20. The highest BCUT2D eigenvalue weighted by Crippen LogP contribution is 2.38. The maximum atomic E-state index is 14.5. The molecule has 0 aromatic heterocycles. The zero-order valence-corrected chi connectivity index (χ0v) is 18.3. The fourth-order valence-electron chi connectivity index (χ4n) is 3.50. The van der Waals surface area contributed by atoms with Crippen LogP contribution in [0, 0.1) is 5.82 Å². The second-order valence-corrected chi connectivity index (χ2v) is 10.8. The van der Waals surface area contributed by atoms with Crippen molar-refractivity contribution >= 4 is 50.0 Å². The Morgan fingerprint density at radius 1 is 1.30 bits per heavy atom. The zero-order valence-electron chi connectivity index (χ0n) is 15.9. The molecule has 2 aliphatic heterocycles. The van der Waals surface area contributed by atoms with Gasteiger partial charge in [0.1, 0.15) is 5.82 Å². The summed E-state index contributed by atoms with van der Waals surface area (Å²) in [6.07, 6.45) is 0. The second-order valence-electron chi connectivity index (χ2n) is 7.04. The standard InChI is InChI=1S/C20H18ClFN2O4S2/c1-28-19(25)12-4-2-5-13(8-12)24(9-14-15(21)6-3-7-16(14)22)20-23-17-10-30(26,27)11-18(17)29-20/h2-8,17-18H,9-11H2,1H3/t17-,18+/m0/s1. The topological polar surface area (TPSA) is 76.0 Å². The van der Waals surface area contributed by atoms with Crippen LogP contribution >= 0.6 is 23.4 Å². The van der Waals surface area contributed by atoms with Crippen LogP contribution in [0.15, 0.2) is 47.5 Å². The molecule has 0 amide bonds. The molecule has 1 fully saturated rings. The molecule has 30 heavy (non-hydrogen) atoms. The molecule has 4 rings (SSSR count). The number of aliphatic imine (C=N–C) groups is 1. The number of hydrogen-bond donors (Lipinski definition) is 0. The van der Waals surface area contributed by atoms with Crippen LogP contribution in [0.5, 0.6) is 0 Å². The van der Waals surface area contributed by atoms with Crippen LogP contribution in [-0.2, 0) is 21.1 Å². The number of methoxy groups -OCH3 is 1. The minimum absolute atomic E-state index is 0.00462. The van der Waals surface area contributed by atoms with Gasteiger partial charge in [0, 0.05) is 21.5 Å². The van der Waals surface area contributed by atoms with Crippen LogP contribution < -0.4 is 4.90 Å². The Bertz CT molecular complexity index is 1120. The molecule has 0 bridgehead atoms. The third-order valence-corrected chi connectivity index (χ3v) is 8.59. The van der Waals surface area contributed by atoms with Crippen LogP contribution in [0.25, 0.3) is 0 Å². The van der Waals surface area contributed by atoms with Gasteiger partial charge in [0.05, 0.1) is 36.8 Å². The van der Waals surface area contributed by atoms with Gasteiger partial charge >= 0.3 is 5.97 Å². The Hall–Kier alpha value is -2.10. The molecule has 1 saturated heterocycles. The molecule has 0 saturated carbocycles. The van der Waals surface area contributed by atoms with Crippen molar-refractivity contribution < 1.29 is 22.3 Å². The summed E-state index contributed by atoms with van der Waals surface area (Å²) >= 11 is 7.59. The number of fused-ring (bicyclic) bond motifs is 1. The Morgan fingerprint density at radius 2 is 2.07 bits per heavy atom. The number of anilines is 1. The van der Waals surface area contributed by atoms with E-state index in [1.165, 1.54) is 31.0 Å². The van der Waals surface area contributed by atoms with E-state index in [1.54, 1.807) is 35.2 Å². The largest absolute Gasteiger partial charge is 0.465 e. The van der Waals surface area contributed by atoms with Gasteiger partial charge in [0.25, 0.3) is 0 Å². The Labute approximate surface area is 183 Å². The molecule has 2 heterocycles. The van der Waals surface area contributed by atoms with Gasteiger partial charge in [-0.05, 0) is 30.3 Å². The van der Waals surface area contributed by atoms with E-state index in [9.17, 15) is 17.6 Å². The highest BCUT2D eigenvalue weighted by Gasteiger charge is 2.44. The van der Waals surface area contributed by atoms with Crippen molar-refractivity contribution in [3.8, 4) is 0 Å². The lowest BCUT2D eigenvalue weighted by atomic mass is 10.1. The van der Waals surface area contributed by atoms with Gasteiger partial charge in [-0.1, -0.05) is 35.5 Å². The number of esters is 1. The normalized spacial score (nSPS) is 21.8. The molecule has 10 heteroatoms. The fraction of sp³-hybridized carbons (Fsp3) is 0.300. The molecule has 0 unspecified atom stereocenters. The highest BCUT2D eigenvalue weighted by atomic mass is 35.5. The van der Waals surface area contributed by atoms with E-state index in [0.29, 0.717) is 16.4 Å². The third-order valence-electron chi connectivity index (χ3n) is 4.99. The first-order valence-corrected chi connectivity index (χ1v) is 12.2. The Balaban J connectivity index is 1.74. The number of carbonyl (C=O) groups excluding carboxylic acids is 1. The van der Waals surface area contributed by atoms with Gasteiger partial charge in [0.2, 0.25) is 0 Å². The number of rotatable bonds is 4. The molecular weight excluding hydrogens is 451 g/mol. The monoisotopic (exact) mass is 468 g/mol. The summed E-state index contributed by atoms with van der Waals surface area (Å²) in [4.78, 5) is 18.4. The quantitative estimate of drug-likeness (QED) is 0.639. The number of hydrogen-bond acceptors (Lipinski definition) is 7. The number of thioether (sulfide) groups is 1. The second kappa shape index (κ2) is 8.20. The summed E-state index contributed by atoms with van der Waals surface area (Å²) in [6.45, 7) is 0.0775. The first-order valence-electron chi connectivity index (χ1n) is 9.11. The molecule has 2 aromatic rings. The predicted molar refractivity (Wildman–Crippen MR) is 117 cm³/mol. The first kappa shape index (κ1) is 21.1. The number of carbonyl (C=O) groups is 1. The van der Waals surface area contributed by atoms with E-state index >= 15 is 0 Å². The maximum absolute atomic E-state index is 14.5. The van der Waals surface area contributed by atoms with E-state index in [4.69, 9.17) is 16.3 Å². The van der Waals surface area contributed by atoms with Crippen LogP contribution in [-0.4, -0.2) is 49.5 Å². The number of benzene rings is 2. The maximum Gasteiger partial charge on any atom is 0.337 e. The van der Waals surface area contributed by atoms with Crippen molar-refractivity contribution in [1.29, 1.82) is 0 Å². The molecular formula is C20H18ClFN2O4S2. The molecule has 2 atom stereocenters. The Morgan fingerprint density at radius 3 is 2.77 bits per heavy atom. The summed E-state index contributed by atoms with van der Waals surface area (Å²) in [5.74, 6) is -0.885. The van der Waals surface area contributed by atoms with E-state index in [0.717, 1.165) is 0 Å². The SMILES string of the molecule is COC(=O)c1cccc(N(Cc2c(F)cccc2Cl)C2=N[C@H]3CS(=O)(=O)C[C@H]3S2)c1. The highest BCUT2D eigenvalue weighted by molar-refractivity contribution is 8.15. The minimum atomic E-state index is -3.10. The number of sulfone groups is 1.